The van der Waals surface area contributed by atoms with Crippen LogP contribution in [0.1, 0.15) is 48.5 Å². The molecule has 0 saturated heterocycles. The van der Waals surface area contributed by atoms with Crippen molar-refractivity contribution in [1.82, 2.24) is 0 Å². The first-order chi connectivity index (χ1) is 23.7. The summed E-state index contributed by atoms with van der Waals surface area (Å²) in [6.07, 6.45) is 4.61. The molecule has 4 rings (SSSR count). The largest absolute Gasteiger partial charge is 0.494 e. The Morgan fingerprint density at radius 2 is 1.29 bits per heavy atom. The summed E-state index contributed by atoms with van der Waals surface area (Å²) >= 11 is 11.1. The Labute approximate surface area is 295 Å². The number of ether oxygens (including phenoxy) is 7. The maximum absolute atomic E-state index is 13.0. The molecule has 0 amide bonds. The van der Waals surface area contributed by atoms with Crippen LogP contribution in [0.25, 0.3) is 10.8 Å². The third kappa shape index (κ3) is 12.4. The van der Waals surface area contributed by atoms with E-state index in [2.05, 4.69) is 13.2 Å². The molecule has 0 unspecified atom stereocenters. The van der Waals surface area contributed by atoms with Gasteiger partial charge in [0.2, 0.25) is 6.79 Å². The summed E-state index contributed by atoms with van der Waals surface area (Å²) in [5.41, 5.74) is 1.23. The molecule has 9 nitrogen and oxygen atoms in total. The molecule has 11 heteroatoms. The average Bonchev–Trinajstić information content (AvgIpc) is 3.09. The number of halogens is 2. The molecule has 4 aromatic rings. The van der Waals surface area contributed by atoms with E-state index in [1.807, 2.05) is 31.2 Å². The number of hydrogen-bond acceptors (Lipinski definition) is 9. The van der Waals surface area contributed by atoms with Crippen LogP contribution in [0.3, 0.4) is 0 Å². The zero-order valence-electron chi connectivity index (χ0n) is 27.2. The predicted octanol–water partition coefficient (Wildman–Crippen LogP) is 9.33. The van der Waals surface area contributed by atoms with Gasteiger partial charge in [0.1, 0.15) is 33.8 Å². The van der Waals surface area contributed by atoms with Gasteiger partial charge in [-0.3, -0.25) is 0 Å². The van der Waals surface area contributed by atoms with Gasteiger partial charge in [0.15, 0.2) is 12.0 Å². The van der Waals surface area contributed by atoms with E-state index in [1.54, 1.807) is 54.6 Å². The Kier molecular flexibility index (Phi) is 14.6. The number of rotatable bonds is 20. The summed E-state index contributed by atoms with van der Waals surface area (Å²) in [5.74, 6) is 1.51. The molecular formula is C38H38Cl2O9. The highest BCUT2D eigenvalue weighted by Gasteiger charge is 2.13. The summed E-state index contributed by atoms with van der Waals surface area (Å²) < 4.78 is 38.5. The van der Waals surface area contributed by atoms with Crippen molar-refractivity contribution in [3.8, 4) is 28.7 Å². The Morgan fingerprint density at radius 1 is 0.653 bits per heavy atom. The van der Waals surface area contributed by atoms with Crippen molar-refractivity contribution in [2.75, 3.05) is 26.8 Å². The van der Waals surface area contributed by atoms with Crippen molar-refractivity contribution in [3.63, 3.8) is 0 Å². The fraction of sp³-hybridized carbons (Fsp3) is 0.263. The molecule has 0 bridgehead atoms. The van der Waals surface area contributed by atoms with Crippen LogP contribution in [-0.2, 0) is 20.7 Å². The SMILES string of the molecule is C=C(Cl)OCOCCCCCCOc1ccc(OCOc2ccc(OC(=O)c3ccc4cc(OC(=O)C(=C)Cl)ccc4c3)cc2CC)cc1. The smallest absolute Gasteiger partial charge is 0.354 e. The molecule has 0 spiro atoms. The standard InChI is InChI=1S/C38H38Cl2O9/c1-4-28-22-35(49-38(42)31-10-9-30-23-34(12-11-29(30)21-31)48-37(41)26(2)39)17-18-36(28)47-25-46-33-15-13-32(14-16-33)44-20-8-6-5-7-19-43-24-45-27(3)40/h9-18,21-23H,2-8,19-20,24-25H2,1H3. The van der Waals surface area contributed by atoms with E-state index in [0.717, 1.165) is 47.8 Å². The van der Waals surface area contributed by atoms with Gasteiger partial charge >= 0.3 is 11.9 Å². The van der Waals surface area contributed by atoms with Crippen molar-refractivity contribution in [2.24, 2.45) is 0 Å². The Balaban J connectivity index is 1.19. The normalized spacial score (nSPS) is 10.7. The number of benzene rings is 4. The van der Waals surface area contributed by atoms with Gasteiger partial charge in [-0.05, 0) is 127 Å². The van der Waals surface area contributed by atoms with Crippen LogP contribution < -0.4 is 23.7 Å². The second-order valence-electron chi connectivity index (χ2n) is 10.7. The number of esters is 2. The van der Waals surface area contributed by atoms with Crippen molar-refractivity contribution in [2.45, 2.75) is 39.0 Å². The Morgan fingerprint density at radius 3 is 2.00 bits per heavy atom. The minimum Gasteiger partial charge on any atom is -0.494 e. The quantitative estimate of drug-likeness (QED) is 0.0222. The van der Waals surface area contributed by atoms with E-state index >= 15 is 0 Å². The highest BCUT2D eigenvalue weighted by atomic mass is 35.5. The van der Waals surface area contributed by atoms with Gasteiger partial charge in [0.25, 0.3) is 0 Å². The lowest BCUT2D eigenvalue weighted by Gasteiger charge is -2.14. The second kappa shape index (κ2) is 19.3. The first kappa shape index (κ1) is 37.1. The van der Waals surface area contributed by atoms with E-state index in [1.165, 1.54) is 0 Å². The molecule has 0 aliphatic carbocycles. The second-order valence-corrected chi connectivity index (χ2v) is 11.6. The predicted molar refractivity (Wildman–Crippen MR) is 189 cm³/mol. The molecule has 0 aromatic heterocycles. The van der Waals surface area contributed by atoms with Crippen LogP contribution in [0.5, 0.6) is 28.7 Å². The number of unbranched alkanes of at least 4 members (excludes halogenated alkanes) is 3. The van der Waals surface area contributed by atoms with Gasteiger partial charge in [-0.25, -0.2) is 9.59 Å². The lowest BCUT2D eigenvalue weighted by Crippen LogP contribution is -2.10. The van der Waals surface area contributed by atoms with Gasteiger partial charge in [0.05, 0.1) is 18.8 Å². The van der Waals surface area contributed by atoms with Crippen molar-refractivity contribution < 1.29 is 42.7 Å². The lowest BCUT2D eigenvalue weighted by molar-refractivity contribution is -0.129. The van der Waals surface area contributed by atoms with E-state index in [4.69, 9.17) is 56.4 Å². The molecule has 0 heterocycles. The van der Waals surface area contributed by atoms with Crippen molar-refractivity contribution >= 4 is 45.9 Å². The topological polar surface area (TPSA) is 98.8 Å². The number of hydrogen-bond donors (Lipinski definition) is 0. The molecule has 0 saturated carbocycles. The lowest BCUT2D eigenvalue weighted by atomic mass is 10.1. The van der Waals surface area contributed by atoms with Gasteiger partial charge < -0.3 is 33.2 Å². The van der Waals surface area contributed by atoms with E-state index in [0.29, 0.717) is 48.2 Å². The van der Waals surface area contributed by atoms with Crippen molar-refractivity contribution in [3.05, 3.63) is 113 Å². The van der Waals surface area contributed by atoms with Crippen LogP contribution in [0.4, 0.5) is 0 Å². The minimum absolute atomic E-state index is 0.00143. The Hall–Kier alpha value is -4.70. The molecule has 0 aliphatic rings. The fourth-order valence-electron chi connectivity index (χ4n) is 4.59. The van der Waals surface area contributed by atoms with Crippen LogP contribution in [0.15, 0.2) is 102 Å². The maximum Gasteiger partial charge on any atom is 0.354 e. The number of carbonyl (C=O) groups excluding carboxylic acids is 2. The Bertz CT molecular complexity index is 1740. The molecule has 0 atom stereocenters. The molecule has 0 N–H and O–H groups in total. The van der Waals surface area contributed by atoms with Gasteiger partial charge in [0, 0.05) is 0 Å². The van der Waals surface area contributed by atoms with Crippen LogP contribution >= 0.6 is 23.2 Å². The molecule has 0 fully saturated rings. The van der Waals surface area contributed by atoms with Gasteiger partial charge in [-0.15, -0.1) is 0 Å². The molecule has 0 radical (unpaired) electrons. The van der Waals surface area contributed by atoms with E-state index in [-0.39, 0.29) is 23.8 Å². The third-order valence-corrected chi connectivity index (χ3v) is 7.38. The van der Waals surface area contributed by atoms with E-state index < -0.39 is 11.9 Å². The van der Waals surface area contributed by atoms with Crippen LogP contribution in [0.2, 0.25) is 0 Å². The van der Waals surface area contributed by atoms with Crippen molar-refractivity contribution in [1.29, 1.82) is 0 Å². The highest BCUT2D eigenvalue weighted by Crippen LogP contribution is 2.28. The summed E-state index contributed by atoms with van der Waals surface area (Å²) in [6.45, 7) is 10.1. The summed E-state index contributed by atoms with van der Waals surface area (Å²) in [4.78, 5) is 24.6. The maximum atomic E-state index is 13.0. The molecule has 49 heavy (non-hydrogen) atoms. The number of fused-ring (bicyclic) bond motifs is 1. The zero-order chi connectivity index (χ0) is 35.0. The van der Waals surface area contributed by atoms with Crippen LogP contribution in [0, 0.1) is 0 Å². The number of carbonyl (C=O) groups is 2. The summed E-state index contributed by atoms with van der Waals surface area (Å²) in [7, 11) is 0. The summed E-state index contributed by atoms with van der Waals surface area (Å²) in [5, 5.41) is 1.45. The van der Waals surface area contributed by atoms with Gasteiger partial charge in [-0.2, -0.15) is 0 Å². The molecule has 258 valence electrons. The first-order valence-electron chi connectivity index (χ1n) is 15.7. The fourth-order valence-corrected chi connectivity index (χ4v) is 4.67. The molecule has 4 aromatic carbocycles. The highest BCUT2D eigenvalue weighted by molar-refractivity contribution is 6.41. The minimum atomic E-state index is -0.728. The van der Waals surface area contributed by atoms with Crippen LogP contribution in [-0.4, -0.2) is 38.7 Å². The first-order valence-corrected chi connectivity index (χ1v) is 16.5. The zero-order valence-corrected chi connectivity index (χ0v) is 28.7. The van der Waals surface area contributed by atoms with Gasteiger partial charge in [-0.1, -0.05) is 43.7 Å². The average molecular weight is 710 g/mol. The monoisotopic (exact) mass is 708 g/mol. The third-order valence-electron chi connectivity index (χ3n) is 7.12. The summed E-state index contributed by atoms with van der Waals surface area (Å²) in [6, 6.07) is 22.7. The van der Waals surface area contributed by atoms with E-state index in [9.17, 15) is 9.59 Å². The molecular weight excluding hydrogens is 671 g/mol. The molecule has 0 aliphatic heterocycles. The number of aryl methyl sites for hydroxylation is 1.